The largest absolute Gasteiger partial charge is 0.325 e. The highest BCUT2D eigenvalue weighted by Crippen LogP contribution is 2.32. The number of hydrogen-bond donors (Lipinski definition) is 1. The summed E-state index contributed by atoms with van der Waals surface area (Å²) in [5.41, 5.74) is 4.13. The SMILES string of the molecule is C=C(C)CSc1nnc(S[C@H](C)C(=O)Nc2c(C)cccc2C)s1. The Bertz CT molecular complexity index is 722. The molecule has 1 heterocycles. The lowest BCUT2D eigenvalue weighted by Crippen LogP contribution is -2.23. The van der Waals surface area contributed by atoms with Crippen LogP contribution in [0, 0.1) is 13.8 Å². The van der Waals surface area contributed by atoms with E-state index in [4.69, 9.17) is 0 Å². The van der Waals surface area contributed by atoms with E-state index in [0.29, 0.717) is 0 Å². The Labute approximate surface area is 155 Å². The van der Waals surface area contributed by atoms with E-state index in [2.05, 4.69) is 22.1 Å². The monoisotopic (exact) mass is 379 g/mol. The van der Waals surface area contributed by atoms with Crippen LogP contribution in [0.5, 0.6) is 0 Å². The third-order valence-electron chi connectivity index (χ3n) is 3.21. The topological polar surface area (TPSA) is 54.9 Å². The van der Waals surface area contributed by atoms with Crippen molar-refractivity contribution in [3.8, 4) is 0 Å². The second-order valence-corrected chi connectivity index (χ2v) is 9.38. The molecule has 0 spiro atoms. The van der Waals surface area contributed by atoms with Gasteiger partial charge in [-0.05, 0) is 38.8 Å². The molecule has 0 saturated heterocycles. The number of aryl methyl sites for hydroxylation is 2. The molecule has 1 amide bonds. The number of amides is 1. The zero-order chi connectivity index (χ0) is 17.7. The number of rotatable bonds is 7. The Hall–Kier alpha value is -1.31. The number of thioether (sulfide) groups is 2. The normalized spacial score (nSPS) is 12.0. The van der Waals surface area contributed by atoms with Gasteiger partial charge in [0.05, 0.1) is 5.25 Å². The van der Waals surface area contributed by atoms with Gasteiger partial charge in [0.15, 0.2) is 8.68 Å². The number of hydrogen-bond acceptors (Lipinski definition) is 6. The Morgan fingerprint density at radius 3 is 2.54 bits per heavy atom. The van der Waals surface area contributed by atoms with E-state index in [1.165, 1.54) is 23.1 Å². The summed E-state index contributed by atoms with van der Waals surface area (Å²) >= 11 is 4.57. The van der Waals surface area contributed by atoms with Crippen LogP contribution in [0.3, 0.4) is 0 Å². The van der Waals surface area contributed by atoms with Gasteiger partial charge in [0.2, 0.25) is 5.91 Å². The van der Waals surface area contributed by atoms with Crippen LogP contribution in [0.15, 0.2) is 39.0 Å². The minimum absolute atomic E-state index is 0.0243. The number of nitrogens with one attached hydrogen (secondary N) is 1. The second kappa shape index (κ2) is 8.69. The number of benzene rings is 1. The summed E-state index contributed by atoms with van der Waals surface area (Å²) in [6.45, 7) is 11.7. The fourth-order valence-corrected chi connectivity index (χ4v) is 4.94. The average Bonchev–Trinajstić information content (AvgIpc) is 2.96. The summed E-state index contributed by atoms with van der Waals surface area (Å²) in [5.74, 6) is 0.811. The van der Waals surface area contributed by atoms with Gasteiger partial charge in [0.1, 0.15) is 0 Å². The smallest absolute Gasteiger partial charge is 0.237 e. The lowest BCUT2D eigenvalue weighted by molar-refractivity contribution is -0.115. The molecule has 0 bridgehead atoms. The van der Waals surface area contributed by atoms with Crippen molar-refractivity contribution in [2.45, 2.75) is 41.6 Å². The van der Waals surface area contributed by atoms with Gasteiger partial charge in [-0.3, -0.25) is 4.79 Å². The van der Waals surface area contributed by atoms with Gasteiger partial charge >= 0.3 is 0 Å². The first kappa shape index (κ1) is 19.0. The molecule has 24 heavy (non-hydrogen) atoms. The van der Waals surface area contributed by atoms with Crippen molar-refractivity contribution in [2.75, 3.05) is 11.1 Å². The molecule has 128 valence electrons. The zero-order valence-electron chi connectivity index (χ0n) is 14.3. The molecule has 1 aromatic carbocycles. The van der Waals surface area contributed by atoms with Gasteiger partial charge in [0, 0.05) is 11.4 Å². The molecule has 7 heteroatoms. The van der Waals surface area contributed by atoms with E-state index in [1.54, 1.807) is 11.8 Å². The molecular weight excluding hydrogens is 358 g/mol. The average molecular weight is 380 g/mol. The molecule has 4 nitrogen and oxygen atoms in total. The van der Waals surface area contributed by atoms with E-state index in [1.807, 2.05) is 45.9 Å². The van der Waals surface area contributed by atoms with Crippen molar-refractivity contribution in [1.29, 1.82) is 0 Å². The quantitative estimate of drug-likeness (QED) is 0.545. The van der Waals surface area contributed by atoms with E-state index < -0.39 is 0 Å². The van der Waals surface area contributed by atoms with Crippen LogP contribution in [-0.4, -0.2) is 27.1 Å². The number of carbonyl (C=O) groups is 1. The van der Waals surface area contributed by atoms with Crippen molar-refractivity contribution in [3.05, 3.63) is 41.5 Å². The van der Waals surface area contributed by atoms with Crippen molar-refractivity contribution in [2.24, 2.45) is 0 Å². The van der Waals surface area contributed by atoms with E-state index in [9.17, 15) is 4.79 Å². The minimum Gasteiger partial charge on any atom is -0.325 e. The van der Waals surface area contributed by atoms with Crippen molar-refractivity contribution in [3.63, 3.8) is 0 Å². The lowest BCUT2D eigenvalue weighted by Gasteiger charge is -2.14. The Kier molecular flexibility index (Phi) is 6.89. The number of aromatic nitrogens is 2. The lowest BCUT2D eigenvalue weighted by atomic mass is 10.1. The Balaban J connectivity index is 1.95. The summed E-state index contributed by atoms with van der Waals surface area (Å²) in [5, 5.41) is 11.1. The second-order valence-electron chi connectivity index (χ2n) is 5.60. The van der Waals surface area contributed by atoms with Crippen LogP contribution in [0.2, 0.25) is 0 Å². The molecule has 0 saturated carbocycles. The predicted octanol–water partition coefficient (Wildman–Crippen LogP) is 4.94. The van der Waals surface area contributed by atoms with Gasteiger partial charge in [-0.25, -0.2) is 0 Å². The summed E-state index contributed by atoms with van der Waals surface area (Å²) in [7, 11) is 0. The van der Waals surface area contributed by atoms with Gasteiger partial charge in [-0.1, -0.05) is 65.2 Å². The maximum absolute atomic E-state index is 12.5. The van der Waals surface area contributed by atoms with Crippen LogP contribution in [0.4, 0.5) is 5.69 Å². The van der Waals surface area contributed by atoms with Crippen LogP contribution >= 0.6 is 34.9 Å². The summed E-state index contributed by atoms with van der Waals surface area (Å²) in [6, 6.07) is 5.98. The van der Waals surface area contributed by atoms with E-state index in [-0.39, 0.29) is 11.2 Å². The first-order chi connectivity index (χ1) is 11.4. The van der Waals surface area contributed by atoms with Gasteiger partial charge in [-0.2, -0.15) is 0 Å². The molecule has 2 rings (SSSR count). The molecule has 0 aliphatic carbocycles. The molecule has 0 radical (unpaired) electrons. The van der Waals surface area contributed by atoms with E-state index >= 15 is 0 Å². The fourth-order valence-electron chi connectivity index (χ4n) is 1.93. The summed E-state index contributed by atoms with van der Waals surface area (Å²) < 4.78 is 1.71. The van der Waals surface area contributed by atoms with Crippen LogP contribution in [-0.2, 0) is 4.79 Å². The molecule has 0 unspecified atom stereocenters. The van der Waals surface area contributed by atoms with Crippen LogP contribution in [0.25, 0.3) is 0 Å². The van der Waals surface area contributed by atoms with Crippen LogP contribution < -0.4 is 5.32 Å². The number of anilines is 1. The van der Waals surface area contributed by atoms with Gasteiger partial charge in [0.25, 0.3) is 0 Å². The fraction of sp³-hybridized carbons (Fsp3) is 0.353. The van der Waals surface area contributed by atoms with Gasteiger partial charge in [-0.15, -0.1) is 10.2 Å². The highest BCUT2D eigenvalue weighted by molar-refractivity contribution is 8.04. The number of para-hydroxylation sites is 1. The highest BCUT2D eigenvalue weighted by atomic mass is 32.2. The third kappa shape index (κ3) is 5.36. The van der Waals surface area contributed by atoms with Crippen molar-refractivity contribution >= 4 is 46.5 Å². The molecule has 1 aromatic heterocycles. The number of nitrogens with zero attached hydrogens (tertiary/aromatic N) is 2. The first-order valence-electron chi connectivity index (χ1n) is 7.51. The maximum Gasteiger partial charge on any atom is 0.237 e. The molecule has 0 aliphatic heterocycles. The molecule has 1 atom stereocenters. The molecule has 0 aliphatic rings. The highest BCUT2D eigenvalue weighted by Gasteiger charge is 2.18. The first-order valence-corrected chi connectivity index (χ1v) is 10.2. The molecule has 0 fully saturated rings. The minimum atomic E-state index is -0.240. The van der Waals surface area contributed by atoms with E-state index in [0.717, 1.165) is 36.8 Å². The van der Waals surface area contributed by atoms with Crippen molar-refractivity contribution < 1.29 is 4.79 Å². The third-order valence-corrected chi connectivity index (χ3v) is 6.68. The maximum atomic E-state index is 12.5. The standard InChI is InChI=1S/C17H21N3OS3/c1-10(2)9-22-16-19-20-17(24-16)23-13(5)15(21)18-14-11(3)7-6-8-12(14)4/h6-8,13H,1,9H2,2-5H3,(H,18,21)/t13-/m1/s1. The predicted molar refractivity (Wildman–Crippen MR) is 105 cm³/mol. The molecular formula is C17H21N3OS3. The summed E-state index contributed by atoms with van der Waals surface area (Å²) in [6.07, 6.45) is 0. The number of carbonyl (C=O) groups excluding carboxylic acids is 1. The van der Waals surface area contributed by atoms with Crippen LogP contribution in [0.1, 0.15) is 25.0 Å². The molecule has 1 N–H and O–H groups in total. The Morgan fingerprint density at radius 2 is 1.92 bits per heavy atom. The van der Waals surface area contributed by atoms with Gasteiger partial charge < -0.3 is 5.32 Å². The summed E-state index contributed by atoms with van der Waals surface area (Å²) in [4.78, 5) is 12.5. The van der Waals surface area contributed by atoms with Crippen molar-refractivity contribution in [1.82, 2.24) is 10.2 Å². The Morgan fingerprint density at radius 1 is 1.29 bits per heavy atom. The molecule has 2 aromatic rings. The zero-order valence-corrected chi connectivity index (χ0v) is 16.7.